The molecule has 1 aliphatic rings. The molecule has 0 radical (unpaired) electrons. The molecule has 1 unspecified atom stereocenters. The van der Waals surface area contributed by atoms with Gasteiger partial charge in [-0.05, 0) is 31.2 Å². The maximum absolute atomic E-state index is 14.0. The van der Waals surface area contributed by atoms with Crippen LogP contribution in [0.15, 0.2) is 35.2 Å². The van der Waals surface area contributed by atoms with Gasteiger partial charge in [-0.3, -0.25) is 4.57 Å². The predicted octanol–water partition coefficient (Wildman–Crippen LogP) is 3.02. The Morgan fingerprint density at radius 2 is 2.32 bits per heavy atom. The van der Waals surface area contributed by atoms with Crippen molar-refractivity contribution in [1.82, 2.24) is 14.9 Å². The number of benzene rings is 1. The van der Waals surface area contributed by atoms with Gasteiger partial charge in [-0.2, -0.15) is 0 Å². The first kappa shape index (κ1) is 12.8. The molecule has 1 fully saturated rings. The van der Waals surface area contributed by atoms with Crippen LogP contribution >= 0.6 is 15.9 Å². The van der Waals surface area contributed by atoms with Gasteiger partial charge in [0, 0.05) is 28.3 Å². The first-order valence-electron chi connectivity index (χ1n) is 6.29. The average molecular weight is 324 g/mol. The van der Waals surface area contributed by atoms with E-state index in [9.17, 15) is 4.39 Å². The maximum atomic E-state index is 14.0. The van der Waals surface area contributed by atoms with Crippen molar-refractivity contribution in [1.29, 1.82) is 0 Å². The average Bonchev–Trinajstić information content (AvgIpc) is 3.01. The number of hydrogen-bond donors (Lipinski definition) is 1. The van der Waals surface area contributed by atoms with E-state index in [1.165, 1.54) is 6.07 Å². The SMILES string of the molecule is CC1(c2cncn2-c2cc(Br)ccc2F)CCNC1. The Labute approximate surface area is 120 Å². The second kappa shape index (κ2) is 4.72. The van der Waals surface area contributed by atoms with Crippen molar-refractivity contribution in [3.8, 4) is 5.69 Å². The first-order valence-corrected chi connectivity index (χ1v) is 7.08. The Morgan fingerprint density at radius 1 is 1.47 bits per heavy atom. The fraction of sp³-hybridized carbons (Fsp3) is 0.357. The van der Waals surface area contributed by atoms with Crippen LogP contribution in [0.1, 0.15) is 19.0 Å². The molecule has 0 bridgehead atoms. The normalized spacial score (nSPS) is 22.9. The zero-order chi connectivity index (χ0) is 13.5. The van der Waals surface area contributed by atoms with E-state index >= 15 is 0 Å². The summed E-state index contributed by atoms with van der Waals surface area (Å²) < 4.78 is 16.8. The molecule has 19 heavy (non-hydrogen) atoms. The third kappa shape index (κ3) is 2.21. The fourth-order valence-electron chi connectivity index (χ4n) is 2.64. The van der Waals surface area contributed by atoms with Gasteiger partial charge >= 0.3 is 0 Å². The van der Waals surface area contributed by atoms with Crippen molar-refractivity contribution in [3.63, 3.8) is 0 Å². The Kier molecular flexibility index (Phi) is 3.19. The number of aromatic nitrogens is 2. The van der Waals surface area contributed by atoms with Gasteiger partial charge in [0.1, 0.15) is 5.82 Å². The number of rotatable bonds is 2. The summed E-state index contributed by atoms with van der Waals surface area (Å²) in [5.41, 5.74) is 1.59. The van der Waals surface area contributed by atoms with Gasteiger partial charge in [-0.1, -0.05) is 22.9 Å². The molecule has 0 amide bonds. The molecule has 2 heterocycles. The number of imidazole rings is 1. The van der Waals surface area contributed by atoms with Crippen LogP contribution in [0.5, 0.6) is 0 Å². The lowest BCUT2D eigenvalue weighted by atomic mass is 9.86. The Bertz CT molecular complexity index is 602. The minimum atomic E-state index is -0.239. The Morgan fingerprint density at radius 3 is 3.05 bits per heavy atom. The molecular weight excluding hydrogens is 309 g/mol. The second-order valence-corrected chi connectivity index (χ2v) is 6.15. The molecular formula is C14H15BrFN3. The van der Waals surface area contributed by atoms with Gasteiger partial charge in [0.2, 0.25) is 0 Å². The van der Waals surface area contributed by atoms with Gasteiger partial charge < -0.3 is 5.32 Å². The van der Waals surface area contributed by atoms with Gasteiger partial charge in [0.15, 0.2) is 0 Å². The zero-order valence-corrected chi connectivity index (χ0v) is 12.2. The molecule has 2 aromatic rings. The van der Waals surface area contributed by atoms with E-state index in [0.717, 1.165) is 29.7 Å². The molecule has 0 spiro atoms. The molecule has 5 heteroatoms. The molecule has 1 atom stereocenters. The number of halogens is 2. The molecule has 0 saturated carbocycles. The van der Waals surface area contributed by atoms with E-state index in [4.69, 9.17) is 0 Å². The van der Waals surface area contributed by atoms with E-state index < -0.39 is 0 Å². The van der Waals surface area contributed by atoms with Crippen LogP contribution in [0.4, 0.5) is 4.39 Å². The molecule has 1 N–H and O–H groups in total. The van der Waals surface area contributed by atoms with E-state index in [1.807, 2.05) is 10.8 Å². The highest BCUT2D eigenvalue weighted by atomic mass is 79.9. The van der Waals surface area contributed by atoms with E-state index in [0.29, 0.717) is 5.69 Å². The summed E-state index contributed by atoms with van der Waals surface area (Å²) in [5.74, 6) is -0.239. The fourth-order valence-corrected chi connectivity index (χ4v) is 2.99. The lowest BCUT2D eigenvalue weighted by molar-refractivity contribution is 0.495. The van der Waals surface area contributed by atoms with Crippen LogP contribution in [0.2, 0.25) is 0 Å². The topological polar surface area (TPSA) is 29.9 Å². The highest BCUT2D eigenvalue weighted by molar-refractivity contribution is 9.10. The molecule has 3 rings (SSSR count). The maximum Gasteiger partial charge on any atom is 0.147 e. The first-order chi connectivity index (χ1) is 9.10. The van der Waals surface area contributed by atoms with Crippen LogP contribution in [0, 0.1) is 5.82 Å². The quantitative estimate of drug-likeness (QED) is 0.920. The number of hydrogen-bond acceptors (Lipinski definition) is 2. The van der Waals surface area contributed by atoms with Gasteiger partial charge in [0.25, 0.3) is 0 Å². The summed E-state index contributed by atoms with van der Waals surface area (Å²) >= 11 is 3.39. The van der Waals surface area contributed by atoms with Gasteiger partial charge in [-0.15, -0.1) is 0 Å². The zero-order valence-electron chi connectivity index (χ0n) is 10.7. The minimum absolute atomic E-state index is 0.00522. The van der Waals surface area contributed by atoms with Crippen molar-refractivity contribution in [3.05, 3.63) is 46.7 Å². The third-order valence-corrected chi connectivity index (χ3v) is 4.29. The van der Waals surface area contributed by atoms with E-state index in [-0.39, 0.29) is 11.2 Å². The van der Waals surface area contributed by atoms with Gasteiger partial charge in [0.05, 0.1) is 12.0 Å². The Balaban J connectivity index is 2.12. The Hall–Kier alpha value is -1.20. The summed E-state index contributed by atoms with van der Waals surface area (Å²) in [6.45, 7) is 4.08. The number of nitrogens with one attached hydrogen (secondary N) is 1. The summed E-state index contributed by atoms with van der Waals surface area (Å²) in [6.07, 6.45) is 4.56. The van der Waals surface area contributed by atoms with Gasteiger partial charge in [-0.25, -0.2) is 9.37 Å². The van der Waals surface area contributed by atoms with Crippen molar-refractivity contribution in [2.75, 3.05) is 13.1 Å². The molecule has 1 aromatic heterocycles. The van der Waals surface area contributed by atoms with E-state index in [1.54, 1.807) is 18.5 Å². The summed E-state index contributed by atoms with van der Waals surface area (Å²) in [7, 11) is 0. The van der Waals surface area contributed by atoms with Crippen molar-refractivity contribution in [2.24, 2.45) is 0 Å². The predicted molar refractivity (Wildman–Crippen MR) is 76.1 cm³/mol. The highest BCUT2D eigenvalue weighted by Crippen LogP contribution is 2.32. The third-order valence-electron chi connectivity index (χ3n) is 3.79. The summed E-state index contributed by atoms with van der Waals surface area (Å²) in [4.78, 5) is 4.21. The van der Waals surface area contributed by atoms with Crippen molar-refractivity contribution >= 4 is 15.9 Å². The lowest BCUT2D eigenvalue weighted by Gasteiger charge is -2.24. The van der Waals surface area contributed by atoms with Crippen LogP contribution in [0.25, 0.3) is 5.69 Å². The molecule has 1 aliphatic heterocycles. The van der Waals surface area contributed by atoms with Crippen LogP contribution in [-0.2, 0) is 5.41 Å². The molecule has 3 nitrogen and oxygen atoms in total. The van der Waals surface area contributed by atoms with Crippen LogP contribution in [-0.4, -0.2) is 22.6 Å². The smallest absolute Gasteiger partial charge is 0.147 e. The van der Waals surface area contributed by atoms with Crippen LogP contribution in [0.3, 0.4) is 0 Å². The summed E-state index contributed by atoms with van der Waals surface area (Å²) in [5, 5.41) is 3.36. The lowest BCUT2D eigenvalue weighted by Crippen LogP contribution is -2.27. The molecule has 1 saturated heterocycles. The highest BCUT2D eigenvalue weighted by Gasteiger charge is 2.34. The standard InChI is InChI=1S/C14H15BrFN3/c1-14(4-5-17-8-14)13-7-18-9-19(13)12-6-10(15)2-3-11(12)16/h2-3,6-7,9,17H,4-5,8H2,1H3. The number of nitrogens with zero attached hydrogens (tertiary/aromatic N) is 2. The molecule has 0 aliphatic carbocycles. The molecule has 100 valence electrons. The summed E-state index contributed by atoms with van der Waals surface area (Å²) in [6, 6.07) is 4.96. The van der Waals surface area contributed by atoms with E-state index in [2.05, 4.69) is 33.2 Å². The van der Waals surface area contributed by atoms with Crippen molar-refractivity contribution < 1.29 is 4.39 Å². The monoisotopic (exact) mass is 323 g/mol. The largest absolute Gasteiger partial charge is 0.316 e. The van der Waals surface area contributed by atoms with Crippen molar-refractivity contribution in [2.45, 2.75) is 18.8 Å². The van der Waals surface area contributed by atoms with Crippen LogP contribution < -0.4 is 5.32 Å². The minimum Gasteiger partial charge on any atom is -0.316 e. The second-order valence-electron chi connectivity index (χ2n) is 5.23. The molecule has 1 aromatic carbocycles.